The largest absolute Gasteiger partial charge is 0.507 e. The number of carbonyl (C=O) groups is 1. The van der Waals surface area contributed by atoms with Crippen molar-refractivity contribution in [3.63, 3.8) is 0 Å². The molecule has 4 nitrogen and oxygen atoms in total. The van der Waals surface area contributed by atoms with Crippen LogP contribution in [0.1, 0.15) is 36.3 Å². The number of hydrogen-bond acceptors (Lipinski definition) is 3. The van der Waals surface area contributed by atoms with Gasteiger partial charge >= 0.3 is 0 Å². The molecule has 1 aliphatic heterocycles. The lowest BCUT2D eigenvalue weighted by molar-refractivity contribution is -0.116. The molecule has 5 rings (SSSR count). The van der Waals surface area contributed by atoms with Crippen molar-refractivity contribution in [2.24, 2.45) is 0 Å². The Balaban J connectivity index is 1.82. The van der Waals surface area contributed by atoms with Crippen LogP contribution in [-0.2, 0) is 4.79 Å². The van der Waals surface area contributed by atoms with Gasteiger partial charge in [0.1, 0.15) is 11.6 Å². The Labute approximate surface area is 211 Å². The molecule has 2 N–H and O–H groups in total. The van der Waals surface area contributed by atoms with Crippen molar-refractivity contribution >= 4 is 50.6 Å². The van der Waals surface area contributed by atoms with Gasteiger partial charge in [-0.15, -0.1) is 0 Å². The lowest BCUT2D eigenvalue weighted by Crippen LogP contribution is -2.42. The van der Waals surface area contributed by atoms with Crippen molar-refractivity contribution in [1.29, 1.82) is 5.41 Å². The first-order valence-electron chi connectivity index (χ1n) is 11.1. The van der Waals surface area contributed by atoms with E-state index in [1.165, 1.54) is 0 Å². The van der Waals surface area contributed by atoms with Gasteiger partial charge in [-0.05, 0) is 54.8 Å². The summed E-state index contributed by atoms with van der Waals surface area (Å²) >= 11 is 9.64. The second-order valence-corrected chi connectivity index (χ2v) is 9.76. The first-order valence-corrected chi connectivity index (χ1v) is 12.3. The summed E-state index contributed by atoms with van der Waals surface area (Å²) in [5.74, 6) is -0.344. The normalized spacial score (nSPS) is 19.8. The van der Waals surface area contributed by atoms with Gasteiger partial charge < -0.3 is 5.11 Å². The number of anilines is 1. The number of benzene rings is 3. The van der Waals surface area contributed by atoms with Crippen molar-refractivity contribution in [3.05, 3.63) is 116 Å². The zero-order chi connectivity index (χ0) is 23.8. The Hall–Kier alpha value is -3.15. The summed E-state index contributed by atoms with van der Waals surface area (Å²) < 4.78 is 0.927. The molecule has 3 aromatic rings. The van der Waals surface area contributed by atoms with Gasteiger partial charge in [-0.25, -0.2) is 0 Å². The Morgan fingerprint density at radius 2 is 1.65 bits per heavy atom. The number of nitrogens with one attached hydrogen (secondary N) is 1. The number of ketones is 1. The van der Waals surface area contributed by atoms with Crippen molar-refractivity contribution in [1.82, 2.24) is 0 Å². The number of rotatable bonds is 3. The second-order valence-electron chi connectivity index (χ2n) is 8.41. The van der Waals surface area contributed by atoms with Crippen LogP contribution in [0.15, 0.2) is 100 Å². The predicted octanol–water partition coefficient (Wildman–Crippen LogP) is 7.66. The van der Waals surface area contributed by atoms with Crippen LogP contribution in [0.5, 0.6) is 0 Å². The van der Waals surface area contributed by atoms with Crippen LogP contribution < -0.4 is 4.90 Å². The van der Waals surface area contributed by atoms with E-state index in [4.69, 9.17) is 11.6 Å². The van der Waals surface area contributed by atoms with Gasteiger partial charge in [0.05, 0.1) is 0 Å². The van der Waals surface area contributed by atoms with Gasteiger partial charge in [0.25, 0.3) is 0 Å². The number of nitrogens with zero attached hydrogens (tertiary/aromatic N) is 1. The van der Waals surface area contributed by atoms with Crippen molar-refractivity contribution in [2.75, 3.05) is 4.90 Å². The van der Waals surface area contributed by atoms with Gasteiger partial charge in [-0.2, -0.15) is 0 Å². The Morgan fingerprint density at radius 3 is 2.32 bits per heavy atom. The monoisotopic (exact) mass is 532 g/mol. The molecule has 0 unspecified atom stereocenters. The Kier molecular flexibility index (Phi) is 6.15. The van der Waals surface area contributed by atoms with E-state index in [-0.39, 0.29) is 17.4 Å². The number of Topliss-reactive ketones (excluding diaryl/α,β-unsaturated/α-hetero) is 1. The van der Waals surface area contributed by atoms with Crippen LogP contribution in [0.4, 0.5) is 5.69 Å². The lowest BCUT2D eigenvalue weighted by atomic mass is 9.73. The highest BCUT2D eigenvalue weighted by molar-refractivity contribution is 9.10. The molecule has 0 spiro atoms. The SMILES string of the molecule is N=C1/C(=C(/O)c2ccccc2)[C@H](c2ccc(Cl)cc2)C2=C(CCCC2=O)N1c1ccc(Br)cc1. The molecule has 0 bridgehead atoms. The molecule has 0 aromatic heterocycles. The summed E-state index contributed by atoms with van der Waals surface area (Å²) in [5.41, 5.74) is 4.08. The third kappa shape index (κ3) is 3.99. The average Bonchev–Trinajstić information content (AvgIpc) is 2.85. The molecule has 170 valence electrons. The topological polar surface area (TPSA) is 64.4 Å². The highest BCUT2D eigenvalue weighted by atomic mass is 79.9. The molecule has 0 saturated heterocycles. The minimum Gasteiger partial charge on any atom is -0.507 e. The van der Waals surface area contributed by atoms with Gasteiger partial charge in [0, 0.05) is 49.9 Å². The number of carbonyl (C=O) groups excluding carboxylic acids is 1. The molecular weight excluding hydrogens is 512 g/mol. The summed E-state index contributed by atoms with van der Waals surface area (Å²) in [6.45, 7) is 0. The van der Waals surface area contributed by atoms with Crippen LogP contribution >= 0.6 is 27.5 Å². The van der Waals surface area contributed by atoms with Crippen molar-refractivity contribution < 1.29 is 9.90 Å². The number of halogens is 2. The van der Waals surface area contributed by atoms with Crippen LogP contribution in [-0.4, -0.2) is 16.7 Å². The van der Waals surface area contributed by atoms with Gasteiger partial charge in [0.15, 0.2) is 5.78 Å². The summed E-state index contributed by atoms with van der Waals surface area (Å²) in [6.07, 6.45) is 1.86. The third-order valence-electron chi connectivity index (χ3n) is 6.35. The Morgan fingerprint density at radius 1 is 0.971 bits per heavy atom. The second kappa shape index (κ2) is 9.24. The molecule has 0 radical (unpaired) electrons. The fourth-order valence-corrected chi connectivity index (χ4v) is 5.20. The van der Waals surface area contributed by atoms with Crippen LogP contribution in [0.25, 0.3) is 5.76 Å². The summed E-state index contributed by atoms with van der Waals surface area (Å²) in [6, 6.07) is 24.2. The average molecular weight is 534 g/mol. The van der Waals surface area contributed by atoms with Crippen LogP contribution in [0.3, 0.4) is 0 Å². The van der Waals surface area contributed by atoms with E-state index in [0.717, 1.165) is 27.8 Å². The van der Waals surface area contributed by atoms with Crippen molar-refractivity contribution in [3.8, 4) is 0 Å². The molecule has 3 aromatic carbocycles. The number of hydrogen-bond donors (Lipinski definition) is 2. The number of allylic oxidation sites excluding steroid dienone is 2. The number of aliphatic hydroxyl groups is 1. The quantitative estimate of drug-likeness (QED) is 0.340. The van der Waals surface area contributed by atoms with E-state index in [0.29, 0.717) is 34.6 Å². The zero-order valence-corrected chi connectivity index (χ0v) is 20.6. The van der Waals surface area contributed by atoms with Crippen LogP contribution in [0, 0.1) is 5.41 Å². The Bertz CT molecular complexity index is 1330. The third-order valence-corrected chi connectivity index (χ3v) is 7.13. The maximum atomic E-state index is 13.4. The smallest absolute Gasteiger partial charge is 0.161 e. The maximum Gasteiger partial charge on any atom is 0.161 e. The van der Waals surface area contributed by atoms with Gasteiger partial charge in [-0.3, -0.25) is 15.1 Å². The first kappa shape index (κ1) is 22.6. The van der Waals surface area contributed by atoms with Crippen molar-refractivity contribution in [2.45, 2.75) is 25.2 Å². The first-order chi connectivity index (χ1) is 16.5. The molecule has 0 amide bonds. The predicted molar refractivity (Wildman–Crippen MR) is 140 cm³/mol. The highest BCUT2D eigenvalue weighted by Gasteiger charge is 2.43. The van der Waals surface area contributed by atoms with Crippen LogP contribution in [0.2, 0.25) is 5.02 Å². The number of aliphatic hydroxyl groups excluding tert-OH is 1. The van der Waals surface area contributed by atoms with E-state index in [9.17, 15) is 15.3 Å². The molecule has 6 heteroatoms. The molecule has 0 fully saturated rings. The zero-order valence-electron chi connectivity index (χ0n) is 18.3. The van der Waals surface area contributed by atoms with E-state index in [2.05, 4.69) is 15.9 Å². The lowest BCUT2D eigenvalue weighted by Gasteiger charge is -2.41. The minimum absolute atomic E-state index is 0.00224. The van der Waals surface area contributed by atoms with E-state index in [1.807, 2.05) is 71.6 Å². The minimum atomic E-state index is -0.556. The molecule has 1 aliphatic carbocycles. The standard InChI is InChI=1S/C28H22BrClN2O2/c29-19-11-15-21(16-12-19)32-22-7-4-8-23(33)25(22)24(17-9-13-20(30)14-10-17)26(28(32)31)27(34)18-5-2-1-3-6-18/h1-3,5-6,9-16,24,31,34H,4,7-8H2/b27-26+,31-28?/t24-/m1/s1. The molecule has 0 saturated carbocycles. The molecule has 1 atom stereocenters. The summed E-state index contributed by atoms with van der Waals surface area (Å²) in [4.78, 5) is 15.2. The van der Waals surface area contributed by atoms with E-state index < -0.39 is 5.92 Å². The fourth-order valence-electron chi connectivity index (χ4n) is 4.81. The molecular formula is C28H22BrClN2O2. The molecule has 1 heterocycles. The molecule has 34 heavy (non-hydrogen) atoms. The highest BCUT2D eigenvalue weighted by Crippen LogP contribution is 2.48. The maximum absolute atomic E-state index is 13.4. The summed E-state index contributed by atoms with van der Waals surface area (Å²) in [5, 5.41) is 21.4. The van der Waals surface area contributed by atoms with Gasteiger partial charge in [-0.1, -0.05) is 70.0 Å². The van der Waals surface area contributed by atoms with E-state index in [1.54, 1.807) is 12.1 Å². The summed E-state index contributed by atoms with van der Waals surface area (Å²) in [7, 11) is 0. The van der Waals surface area contributed by atoms with Gasteiger partial charge in [0.2, 0.25) is 0 Å². The fraction of sp³-hybridized carbons (Fsp3) is 0.143. The van der Waals surface area contributed by atoms with E-state index >= 15 is 0 Å². The number of amidine groups is 1. The molecule has 2 aliphatic rings.